The van der Waals surface area contributed by atoms with Crippen molar-refractivity contribution in [3.05, 3.63) is 11.5 Å². The molecule has 0 saturated carbocycles. The summed E-state index contributed by atoms with van der Waals surface area (Å²) in [7, 11) is -3.84. The van der Waals surface area contributed by atoms with Gasteiger partial charge in [-0.2, -0.15) is 4.72 Å². The fourth-order valence-electron chi connectivity index (χ4n) is 3.51. The number of nitrogens with one attached hydrogen (secondary N) is 2. The van der Waals surface area contributed by atoms with Gasteiger partial charge in [0.25, 0.3) is 0 Å². The van der Waals surface area contributed by atoms with Gasteiger partial charge in [-0.3, -0.25) is 4.79 Å². The molecule has 0 aliphatic carbocycles. The molecule has 0 bridgehead atoms. The van der Waals surface area contributed by atoms with Gasteiger partial charge in [-0.15, -0.1) is 12.4 Å². The van der Waals surface area contributed by atoms with E-state index in [1.807, 2.05) is 0 Å². The monoisotopic (exact) mass is 378 g/mol. The van der Waals surface area contributed by atoms with Gasteiger partial charge in [0, 0.05) is 26.2 Å². The molecule has 3 heterocycles. The van der Waals surface area contributed by atoms with Crippen molar-refractivity contribution in [2.24, 2.45) is 11.8 Å². The number of amides is 1. The Morgan fingerprint density at radius 2 is 1.92 bits per heavy atom. The number of aryl methyl sites for hydroxylation is 2. The predicted molar refractivity (Wildman–Crippen MR) is 89.4 cm³/mol. The van der Waals surface area contributed by atoms with E-state index in [1.165, 1.54) is 6.92 Å². The number of nitrogens with zero attached hydrogens (tertiary/aromatic N) is 2. The van der Waals surface area contributed by atoms with Gasteiger partial charge in [0.2, 0.25) is 15.9 Å². The summed E-state index contributed by atoms with van der Waals surface area (Å²) in [4.78, 5) is 14.3. The molecule has 0 radical (unpaired) electrons. The number of aromatic nitrogens is 1. The maximum atomic E-state index is 12.5. The summed E-state index contributed by atoms with van der Waals surface area (Å²) in [6.07, 6.45) is 0. The lowest BCUT2D eigenvalue weighted by molar-refractivity contribution is -0.131. The normalized spacial score (nSPS) is 24.5. The van der Waals surface area contributed by atoms with Crippen LogP contribution in [0.4, 0.5) is 0 Å². The number of rotatable bonds is 4. The number of halogens is 1. The van der Waals surface area contributed by atoms with E-state index in [2.05, 4.69) is 15.2 Å². The summed E-state index contributed by atoms with van der Waals surface area (Å²) in [5.41, 5.74) is 0.288. The van der Waals surface area contributed by atoms with Crippen molar-refractivity contribution in [1.29, 1.82) is 0 Å². The number of carbonyl (C=O) groups is 1. The second-order valence-corrected chi connectivity index (χ2v) is 8.07. The molecule has 136 valence electrons. The zero-order valence-corrected chi connectivity index (χ0v) is 15.5. The van der Waals surface area contributed by atoms with Crippen molar-refractivity contribution < 1.29 is 17.7 Å². The highest BCUT2D eigenvalue weighted by molar-refractivity contribution is 7.89. The number of sulfonamides is 1. The molecule has 0 spiro atoms. The van der Waals surface area contributed by atoms with Gasteiger partial charge in [-0.05, 0) is 32.6 Å². The van der Waals surface area contributed by atoms with Crippen LogP contribution in [0.3, 0.4) is 0 Å². The quantitative estimate of drug-likeness (QED) is 0.767. The first-order valence-corrected chi connectivity index (χ1v) is 9.22. The molecule has 0 aromatic carbocycles. The molecule has 2 saturated heterocycles. The third kappa shape index (κ3) is 3.44. The molecule has 3 atom stereocenters. The fraction of sp³-hybridized carbons (Fsp3) is 0.714. The van der Waals surface area contributed by atoms with E-state index in [0.717, 1.165) is 13.1 Å². The van der Waals surface area contributed by atoms with Gasteiger partial charge in [0.1, 0.15) is 10.6 Å². The molecule has 1 aromatic rings. The third-order valence-electron chi connectivity index (χ3n) is 4.64. The molecule has 3 rings (SSSR count). The highest BCUT2D eigenvalue weighted by Gasteiger charge is 2.40. The van der Waals surface area contributed by atoms with Crippen molar-refractivity contribution in [3.63, 3.8) is 0 Å². The van der Waals surface area contributed by atoms with Crippen molar-refractivity contribution in [3.8, 4) is 0 Å². The zero-order valence-electron chi connectivity index (χ0n) is 13.9. The number of fused-ring (bicyclic) bond motifs is 1. The first kappa shape index (κ1) is 19.2. The van der Waals surface area contributed by atoms with Crippen LogP contribution in [-0.4, -0.2) is 56.6 Å². The van der Waals surface area contributed by atoms with Gasteiger partial charge in [0.15, 0.2) is 5.76 Å². The van der Waals surface area contributed by atoms with E-state index in [9.17, 15) is 13.2 Å². The molecule has 1 unspecified atom stereocenters. The Bertz CT molecular complexity index is 689. The number of carbonyl (C=O) groups excluding carboxylic acids is 1. The van der Waals surface area contributed by atoms with Gasteiger partial charge < -0.3 is 14.7 Å². The average Bonchev–Trinajstić information content (AvgIpc) is 3.11. The van der Waals surface area contributed by atoms with Gasteiger partial charge in [-0.1, -0.05) is 5.16 Å². The molecule has 24 heavy (non-hydrogen) atoms. The van der Waals surface area contributed by atoms with Crippen LogP contribution in [0.1, 0.15) is 18.4 Å². The van der Waals surface area contributed by atoms with Crippen molar-refractivity contribution in [1.82, 2.24) is 20.1 Å². The summed E-state index contributed by atoms with van der Waals surface area (Å²) < 4.78 is 32.3. The molecular formula is C14H23ClN4O4S. The smallest absolute Gasteiger partial charge is 0.246 e. The summed E-state index contributed by atoms with van der Waals surface area (Å²) in [5, 5.41) is 6.97. The molecule has 1 aromatic heterocycles. The zero-order chi connectivity index (χ0) is 16.8. The van der Waals surface area contributed by atoms with Crippen LogP contribution in [0.5, 0.6) is 0 Å². The van der Waals surface area contributed by atoms with Crippen LogP contribution in [-0.2, 0) is 14.8 Å². The second kappa shape index (κ2) is 6.99. The summed E-state index contributed by atoms with van der Waals surface area (Å²) >= 11 is 0. The Morgan fingerprint density at radius 3 is 2.42 bits per heavy atom. The maximum absolute atomic E-state index is 12.5. The molecule has 1 amide bonds. The lowest BCUT2D eigenvalue weighted by Gasteiger charge is -2.22. The minimum absolute atomic E-state index is 0. The highest BCUT2D eigenvalue weighted by Crippen LogP contribution is 2.27. The summed E-state index contributed by atoms with van der Waals surface area (Å²) in [6, 6.07) is -0.819. The Labute approximate surface area is 147 Å². The van der Waals surface area contributed by atoms with Gasteiger partial charge in [0.05, 0.1) is 6.04 Å². The topological polar surface area (TPSA) is 105 Å². The SMILES string of the molecule is Cc1noc(C)c1S(=O)(=O)NC(C)C(=O)N1C[C@H]2CNC[C@H]2C1.Cl. The van der Waals surface area contributed by atoms with Crippen LogP contribution in [0.25, 0.3) is 0 Å². The van der Waals surface area contributed by atoms with E-state index in [1.54, 1.807) is 18.7 Å². The lowest BCUT2D eigenvalue weighted by atomic mass is 10.0. The van der Waals surface area contributed by atoms with E-state index in [4.69, 9.17) is 4.52 Å². The molecular weight excluding hydrogens is 356 g/mol. The van der Waals surface area contributed by atoms with Crippen LogP contribution in [0, 0.1) is 25.7 Å². The van der Waals surface area contributed by atoms with Crippen LogP contribution in [0.2, 0.25) is 0 Å². The minimum atomic E-state index is -3.84. The standard InChI is InChI=1S/C14H22N4O4S.ClH/c1-8-13(10(3)22-16-8)23(20,21)17-9(2)14(19)18-6-11-4-15-5-12(11)7-18;/h9,11-12,15,17H,4-7H2,1-3H3;1H/t9?,11-,12+;. The fourth-order valence-corrected chi connectivity index (χ4v) is 5.04. The third-order valence-corrected chi connectivity index (χ3v) is 6.42. The number of likely N-dealkylation sites (tertiary alicyclic amines) is 1. The van der Waals surface area contributed by atoms with Crippen LogP contribution < -0.4 is 10.0 Å². The van der Waals surface area contributed by atoms with Gasteiger partial charge >= 0.3 is 0 Å². The summed E-state index contributed by atoms with van der Waals surface area (Å²) in [5.74, 6) is 0.988. The van der Waals surface area contributed by atoms with Gasteiger partial charge in [-0.25, -0.2) is 8.42 Å². The van der Waals surface area contributed by atoms with Crippen molar-refractivity contribution in [2.75, 3.05) is 26.2 Å². The lowest BCUT2D eigenvalue weighted by Crippen LogP contribution is -2.46. The minimum Gasteiger partial charge on any atom is -0.360 e. The van der Waals surface area contributed by atoms with E-state index in [0.29, 0.717) is 24.9 Å². The molecule has 2 N–H and O–H groups in total. The summed E-state index contributed by atoms with van der Waals surface area (Å²) in [6.45, 7) is 7.90. The molecule has 10 heteroatoms. The molecule has 8 nitrogen and oxygen atoms in total. The van der Waals surface area contributed by atoms with E-state index in [-0.39, 0.29) is 34.7 Å². The Hall–Kier alpha value is -1.16. The van der Waals surface area contributed by atoms with E-state index >= 15 is 0 Å². The maximum Gasteiger partial charge on any atom is 0.246 e. The Kier molecular flexibility index (Phi) is 5.58. The molecule has 2 aliphatic heterocycles. The predicted octanol–water partition coefficient (Wildman–Crippen LogP) is 0.0578. The largest absolute Gasteiger partial charge is 0.360 e. The van der Waals surface area contributed by atoms with Crippen molar-refractivity contribution in [2.45, 2.75) is 31.7 Å². The number of hydrogen-bond acceptors (Lipinski definition) is 6. The van der Waals surface area contributed by atoms with Crippen LogP contribution in [0.15, 0.2) is 9.42 Å². The second-order valence-electron chi connectivity index (χ2n) is 6.42. The first-order valence-electron chi connectivity index (χ1n) is 7.74. The Balaban J connectivity index is 0.00000208. The van der Waals surface area contributed by atoms with Crippen LogP contribution >= 0.6 is 12.4 Å². The molecule has 2 fully saturated rings. The highest BCUT2D eigenvalue weighted by atomic mass is 35.5. The Morgan fingerprint density at radius 1 is 1.33 bits per heavy atom. The molecule has 2 aliphatic rings. The van der Waals surface area contributed by atoms with Crippen molar-refractivity contribution >= 4 is 28.3 Å². The first-order chi connectivity index (χ1) is 10.8. The average molecular weight is 379 g/mol. The van der Waals surface area contributed by atoms with E-state index < -0.39 is 16.1 Å². The number of hydrogen-bond donors (Lipinski definition) is 2.